The van der Waals surface area contributed by atoms with Crippen molar-refractivity contribution in [1.82, 2.24) is 4.98 Å². The number of hydrogen-bond donors (Lipinski definition) is 1. The highest BCUT2D eigenvalue weighted by Gasteiger charge is 2.05. The predicted molar refractivity (Wildman–Crippen MR) is 77.8 cm³/mol. The fraction of sp³-hybridized carbons (Fsp3) is 0.118. The molecule has 0 amide bonds. The van der Waals surface area contributed by atoms with E-state index in [0.717, 1.165) is 11.3 Å². The van der Waals surface area contributed by atoms with Crippen LogP contribution in [0.2, 0.25) is 0 Å². The first-order valence-corrected chi connectivity index (χ1v) is 6.38. The maximum atomic E-state index is 9.60. The summed E-state index contributed by atoms with van der Waals surface area (Å²) in [4.78, 5) is 4.50. The number of aliphatic hydroxyl groups is 1. The van der Waals surface area contributed by atoms with Crippen LogP contribution in [0.4, 0.5) is 0 Å². The number of nitrogens with zero attached hydrogens (tertiary/aromatic N) is 1. The lowest BCUT2D eigenvalue weighted by Gasteiger charge is -2.07. The smallest absolute Gasteiger partial charge is 0.0932 e. The van der Waals surface area contributed by atoms with Crippen LogP contribution in [0.25, 0.3) is 22.0 Å². The molecule has 0 saturated carbocycles. The highest BCUT2D eigenvalue weighted by atomic mass is 16.3. The zero-order valence-corrected chi connectivity index (χ0v) is 10.7. The van der Waals surface area contributed by atoms with Gasteiger partial charge in [0.15, 0.2) is 0 Å². The first kappa shape index (κ1) is 11.9. The molecule has 0 aliphatic heterocycles. The summed E-state index contributed by atoms with van der Waals surface area (Å²) in [5, 5.41) is 12.0. The van der Waals surface area contributed by atoms with Crippen molar-refractivity contribution >= 4 is 10.8 Å². The maximum Gasteiger partial charge on any atom is 0.0932 e. The minimum atomic E-state index is -0.541. The van der Waals surface area contributed by atoms with Gasteiger partial charge in [-0.3, -0.25) is 4.98 Å². The first-order chi connectivity index (χ1) is 9.24. The molecule has 0 aliphatic rings. The number of fused-ring (bicyclic) bond motifs is 1. The van der Waals surface area contributed by atoms with Crippen LogP contribution in [-0.4, -0.2) is 10.1 Å². The largest absolute Gasteiger partial charge is 0.387 e. The predicted octanol–water partition coefficient (Wildman–Crippen LogP) is 3.96. The van der Waals surface area contributed by atoms with E-state index in [4.69, 9.17) is 0 Å². The third-order valence-corrected chi connectivity index (χ3v) is 3.24. The summed E-state index contributed by atoms with van der Waals surface area (Å²) >= 11 is 0. The van der Waals surface area contributed by atoms with E-state index in [1.165, 1.54) is 10.8 Å². The lowest BCUT2D eigenvalue weighted by Crippen LogP contribution is -1.96. The van der Waals surface area contributed by atoms with Gasteiger partial charge < -0.3 is 5.11 Å². The Bertz CT molecular complexity index is 719. The molecule has 0 bridgehead atoms. The molecule has 0 fully saturated rings. The van der Waals surface area contributed by atoms with Gasteiger partial charge in [-0.15, -0.1) is 0 Å². The number of aliphatic hydroxyl groups excluding tert-OH is 1. The van der Waals surface area contributed by atoms with Crippen molar-refractivity contribution in [2.24, 2.45) is 0 Å². The highest BCUT2D eigenvalue weighted by molar-refractivity contribution is 5.86. The van der Waals surface area contributed by atoms with Crippen LogP contribution in [0.3, 0.4) is 0 Å². The molecule has 1 atom stereocenters. The molecule has 2 heteroatoms. The van der Waals surface area contributed by atoms with Crippen LogP contribution in [0.5, 0.6) is 0 Å². The van der Waals surface area contributed by atoms with Crippen molar-refractivity contribution in [2.45, 2.75) is 13.0 Å². The second-order valence-electron chi connectivity index (χ2n) is 4.69. The van der Waals surface area contributed by atoms with Crippen molar-refractivity contribution < 1.29 is 5.11 Å². The van der Waals surface area contributed by atoms with E-state index in [2.05, 4.69) is 35.3 Å². The summed E-state index contributed by atoms with van der Waals surface area (Å²) in [6.45, 7) is 1.73. The average molecular weight is 249 g/mol. The number of pyridine rings is 1. The van der Waals surface area contributed by atoms with E-state index in [1.807, 2.05) is 30.3 Å². The molecule has 3 rings (SSSR count). The third-order valence-electron chi connectivity index (χ3n) is 3.24. The minimum Gasteiger partial charge on any atom is -0.387 e. The van der Waals surface area contributed by atoms with Crippen LogP contribution in [-0.2, 0) is 0 Å². The molecule has 19 heavy (non-hydrogen) atoms. The van der Waals surface area contributed by atoms with Gasteiger partial charge in [0.2, 0.25) is 0 Å². The van der Waals surface area contributed by atoms with Crippen LogP contribution >= 0.6 is 0 Å². The quantitative estimate of drug-likeness (QED) is 0.745. The Labute approximate surface area is 112 Å². The molecule has 3 aromatic rings. The summed E-state index contributed by atoms with van der Waals surface area (Å²) < 4.78 is 0. The molecule has 0 aliphatic carbocycles. The molecule has 94 valence electrons. The van der Waals surface area contributed by atoms with E-state index in [9.17, 15) is 5.11 Å². The zero-order valence-electron chi connectivity index (χ0n) is 10.7. The van der Waals surface area contributed by atoms with Gasteiger partial charge in [-0.2, -0.15) is 0 Å². The number of aromatic nitrogens is 1. The molecule has 1 heterocycles. The number of hydrogen-bond acceptors (Lipinski definition) is 2. The normalized spacial score (nSPS) is 12.5. The topological polar surface area (TPSA) is 33.1 Å². The van der Waals surface area contributed by atoms with Crippen molar-refractivity contribution in [1.29, 1.82) is 0 Å². The molecule has 2 aromatic carbocycles. The van der Waals surface area contributed by atoms with Crippen LogP contribution in [0, 0.1) is 0 Å². The van der Waals surface area contributed by atoms with E-state index in [-0.39, 0.29) is 0 Å². The fourth-order valence-corrected chi connectivity index (χ4v) is 2.19. The lowest BCUT2D eigenvalue weighted by atomic mass is 10.0. The third kappa shape index (κ3) is 2.35. The van der Waals surface area contributed by atoms with Gasteiger partial charge in [0.1, 0.15) is 0 Å². The Morgan fingerprint density at radius 3 is 2.47 bits per heavy atom. The molecule has 0 spiro atoms. The van der Waals surface area contributed by atoms with Gasteiger partial charge in [-0.05, 0) is 35.9 Å². The van der Waals surface area contributed by atoms with E-state index in [1.54, 1.807) is 6.92 Å². The van der Waals surface area contributed by atoms with Gasteiger partial charge in [0, 0.05) is 5.56 Å². The van der Waals surface area contributed by atoms with Crippen molar-refractivity contribution in [3.63, 3.8) is 0 Å². The van der Waals surface area contributed by atoms with Crippen LogP contribution in [0.15, 0.2) is 60.7 Å². The van der Waals surface area contributed by atoms with Gasteiger partial charge in [0.25, 0.3) is 0 Å². The Balaban J connectivity index is 2.11. The molecule has 0 saturated heterocycles. The fourth-order valence-electron chi connectivity index (χ4n) is 2.19. The first-order valence-electron chi connectivity index (χ1n) is 6.38. The second-order valence-corrected chi connectivity index (χ2v) is 4.69. The summed E-state index contributed by atoms with van der Waals surface area (Å²) in [6.07, 6.45) is -0.541. The van der Waals surface area contributed by atoms with Gasteiger partial charge in [-0.1, -0.05) is 42.5 Å². The SMILES string of the molecule is C[C@H](O)c1cccc(-c2ccc3ccccc3c2)n1. The minimum absolute atomic E-state index is 0.541. The van der Waals surface area contributed by atoms with Crippen molar-refractivity contribution in [3.05, 3.63) is 66.4 Å². The molecular weight excluding hydrogens is 234 g/mol. The second kappa shape index (κ2) is 4.82. The number of benzene rings is 2. The van der Waals surface area contributed by atoms with Crippen LogP contribution < -0.4 is 0 Å². The monoisotopic (exact) mass is 249 g/mol. The summed E-state index contributed by atoms with van der Waals surface area (Å²) in [7, 11) is 0. The molecule has 1 aromatic heterocycles. The summed E-state index contributed by atoms with van der Waals surface area (Å²) in [5.74, 6) is 0. The van der Waals surface area contributed by atoms with Gasteiger partial charge in [-0.25, -0.2) is 0 Å². The number of rotatable bonds is 2. The summed E-state index contributed by atoms with van der Waals surface area (Å²) in [5.41, 5.74) is 2.66. The van der Waals surface area contributed by atoms with Crippen molar-refractivity contribution in [3.8, 4) is 11.3 Å². The molecule has 2 nitrogen and oxygen atoms in total. The van der Waals surface area contributed by atoms with Crippen molar-refractivity contribution in [2.75, 3.05) is 0 Å². The van der Waals surface area contributed by atoms with E-state index < -0.39 is 6.10 Å². The molecule has 0 radical (unpaired) electrons. The van der Waals surface area contributed by atoms with Gasteiger partial charge in [0.05, 0.1) is 17.5 Å². The summed E-state index contributed by atoms with van der Waals surface area (Å²) in [6, 6.07) is 20.3. The lowest BCUT2D eigenvalue weighted by molar-refractivity contribution is 0.194. The van der Waals surface area contributed by atoms with Gasteiger partial charge >= 0.3 is 0 Å². The molecule has 1 N–H and O–H groups in total. The Morgan fingerprint density at radius 2 is 1.68 bits per heavy atom. The highest BCUT2D eigenvalue weighted by Crippen LogP contribution is 2.24. The Hall–Kier alpha value is -2.19. The molecular formula is C17H15NO. The maximum absolute atomic E-state index is 9.60. The molecule has 0 unspecified atom stereocenters. The van der Waals surface area contributed by atoms with E-state index >= 15 is 0 Å². The average Bonchev–Trinajstić information content (AvgIpc) is 2.47. The standard InChI is InChI=1S/C17H15NO/c1-12(19)16-7-4-8-17(18-16)15-10-9-13-5-2-3-6-14(13)11-15/h2-12,19H,1H3/t12-/m0/s1. The van der Waals surface area contributed by atoms with Crippen LogP contribution in [0.1, 0.15) is 18.7 Å². The zero-order chi connectivity index (χ0) is 13.2. The Kier molecular flexibility index (Phi) is 3.02. The Morgan fingerprint density at radius 1 is 0.895 bits per heavy atom. The van der Waals surface area contributed by atoms with E-state index in [0.29, 0.717) is 5.69 Å².